The van der Waals surface area contributed by atoms with E-state index in [9.17, 15) is 18.7 Å². The molecule has 1 amide bonds. The van der Waals surface area contributed by atoms with E-state index in [0.29, 0.717) is 36.6 Å². The normalized spacial score (nSPS) is 16.0. The second-order valence-electron chi connectivity index (χ2n) is 7.70. The fourth-order valence-corrected chi connectivity index (χ4v) is 3.74. The molecule has 10 heteroatoms. The average Bonchev–Trinajstić information content (AvgIpc) is 3.20. The molecule has 1 atom stereocenters. The molecular formula is C23H21ClF2N4O3. The Kier molecular flexibility index (Phi) is 6.44. The summed E-state index contributed by atoms with van der Waals surface area (Å²) < 4.78 is 29.8. The van der Waals surface area contributed by atoms with E-state index >= 15 is 0 Å². The number of amides is 1. The van der Waals surface area contributed by atoms with Crippen LogP contribution in [0.3, 0.4) is 0 Å². The topological polar surface area (TPSA) is 87.6 Å². The standard InChI is InChI=1S/C23H21ClF2N4O3/c1-14-6-8-27-12-20(14)19-10-15(11-28-21(19)30-9-7-17(31)13-30)22(32)29-16-2-4-18(5-3-16)33-23(24,25)26/h2-6,8,10-12,17,31H,7,9,13H2,1H3,(H,29,32)/t17-/m1/s1. The van der Waals surface area contributed by atoms with Crippen LogP contribution in [0, 0.1) is 6.92 Å². The number of benzene rings is 1. The molecule has 3 aromatic rings. The summed E-state index contributed by atoms with van der Waals surface area (Å²) in [7, 11) is 0. The largest absolute Gasteiger partial charge is 0.487 e. The number of aliphatic hydroxyl groups is 1. The van der Waals surface area contributed by atoms with Gasteiger partial charge in [-0.1, -0.05) is 0 Å². The van der Waals surface area contributed by atoms with Gasteiger partial charge in [-0.3, -0.25) is 9.78 Å². The third kappa shape index (κ3) is 5.55. The van der Waals surface area contributed by atoms with Crippen molar-refractivity contribution in [2.75, 3.05) is 23.3 Å². The van der Waals surface area contributed by atoms with Gasteiger partial charge in [-0.2, -0.15) is 0 Å². The number of nitrogens with one attached hydrogen (secondary N) is 1. The molecule has 0 spiro atoms. The molecule has 7 nitrogen and oxygen atoms in total. The number of ether oxygens (including phenoxy) is 1. The minimum Gasteiger partial charge on any atom is -0.420 e. The van der Waals surface area contributed by atoms with Crippen LogP contribution >= 0.6 is 11.6 Å². The monoisotopic (exact) mass is 474 g/mol. The molecule has 0 unspecified atom stereocenters. The Bertz CT molecular complexity index is 1160. The Morgan fingerprint density at radius 1 is 1.24 bits per heavy atom. The molecule has 1 aliphatic heterocycles. The number of aromatic nitrogens is 2. The summed E-state index contributed by atoms with van der Waals surface area (Å²) in [5.74, 6) is 0.110. The highest BCUT2D eigenvalue weighted by atomic mass is 35.5. The summed E-state index contributed by atoms with van der Waals surface area (Å²) >= 11 is 4.76. The predicted octanol–water partition coefficient (Wildman–Crippen LogP) is 4.44. The van der Waals surface area contributed by atoms with Gasteiger partial charge in [0.25, 0.3) is 5.91 Å². The number of carbonyl (C=O) groups is 1. The van der Waals surface area contributed by atoms with Crippen molar-refractivity contribution >= 4 is 29.0 Å². The zero-order chi connectivity index (χ0) is 23.6. The second kappa shape index (κ2) is 9.29. The number of rotatable bonds is 6. The van der Waals surface area contributed by atoms with E-state index in [-0.39, 0.29) is 5.75 Å². The zero-order valence-corrected chi connectivity index (χ0v) is 18.4. The minimum absolute atomic E-state index is 0.138. The fraction of sp³-hybridized carbons (Fsp3) is 0.261. The SMILES string of the molecule is Cc1ccncc1-c1cc(C(=O)Nc2ccc(OC(F)(F)Cl)cc2)cnc1N1CC[C@@H](O)C1. The Morgan fingerprint density at radius 2 is 2.00 bits per heavy atom. The van der Waals surface area contributed by atoms with Crippen LogP contribution in [0.15, 0.2) is 55.0 Å². The molecule has 2 aromatic heterocycles. The molecule has 0 radical (unpaired) electrons. The highest BCUT2D eigenvalue weighted by Crippen LogP contribution is 2.33. The fourth-order valence-electron chi connectivity index (χ4n) is 3.66. The van der Waals surface area contributed by atoms with Crippen molar-refractivity contribution in [1.82, 2.24) is 9.97 Å². The lowest BCUT2D eigenvalue weighted by molar-refractivity contribution is -0.0964. The lowest BCUT2D eigenvalue weighted by atomic mass is 10.0. The number of anilines is 2. The molecule has 1 aromatic carbocycles. The van der Waals surface area contributed by atoms with Gasteiger partial charge in [-0.15, -0.1) is 8.78 Å². The number of hydrogen-bond donors (Lipinski definition) is 2. The van der Waals surface area contributed by atoms with Crippen LogP contribution in [-0.2, 0) is 0 Å². The number of hydrogen-bond acceptors (Lipinski definition) is 6. The number of pyridine rings is 2. The van der Waals surface area contributed by atoms with E-state index in [4.69, 9.17) is 11.6 Å². The van der Waals surface area contributed by atoms with E-state index in [0.717, 1.165) is 16.7 Å². The molecular weight excluding hydrogens is 454 g/mol. The summed E-state index contributed by atoms with van der Waals surface area (Å²) in [5, 5.41) is 12.7. The molecule has 4 rings (SSSR count). The first-order chi connectivity index (χ1) is 15.7. The third-order valence-electron chi connectivity index (χ3n) is 5.27. The Morgan fingerprint density at radius 3 is 2.64 bits per heavy atom. The molecule has 0 aliphatic carbocycles. The van der Waals surface area contributed by atoms with Gasteiger partial charge >= 0.3 is 5.57 Å². The molecule has 2 N–H and O–H groups in total. The first-order valence-electron chi connectivity index (χ1n) is 10.2. The van der Waals surface area contributed by atoms with Crippen molar-refractivity contribution < 1.29 is 23.4 Å². The maximum Gasteiger partial charge on any atom is 0.487 e. The number of β-amino-alcohol motifs (C(OH)–C–C–N with tert-alkyl or cyclic N) is 1. The first-order valence-corrected chi connectivity index (χ1v) is 10.6. The molecule has 172 valence electrons. The van der Waals surface area contributed by atoms with Crippen LogP contribution in [0.5, 0.6) is 5.75 Å². The highest BCUT2D eigenvalue weighted by molar-refractivity contribution is 6.20. The second-order valence-corrected chi connectivity index (χ2v) is 8.14. The lowest BCUT2D eigenvalue weighted by Gasteiger charge is -2.21. The lowest BCUT2D eigenvalue weighted by Crippen LogP contribution is -2.23. The summed E-state index contributed by atoms with van der Waals surface area (Å²) in [5.41, 5.74) is -0.586. The van der Waals surface area contributed by atoms with E-state index in [1.807, 2.05) is 17.9 Å². The van der Waals surface area contributed by atoms with E-state index in [2.05, 4.69) is 20.0 Å². The zero-order valence-electron chi connectivity index (χ0n) is 17.6. The predicted molar refractivity (Wildman–Crippen MR) is 121 cm³/mol. The van der Waals surface area contributed by atoms with Crippen molar-refractivity contribution in [2.45, 2.75) is 25.0 Å². The van der Waals surface area contributed by atoms with Crippen molar-refractivity contribution in [3.05, 3.63) is 66.1 Å². The van der Waals surface area contributed by atoms with E-state index in [1.54, 1.807) is 18.5 Å². The van der Waals surface area contributed by atoms with Crippen LogP contribution in [0.2, 0.25) is 0 Å². The third-order valence-corrected chi connectivity index (χ3v) is 5.34. The van der Waals surface area contributed by atoms with Crippen LogP contribution in [-0.4, -0.2) is 45.7 Å². The minimum atomic E-state index is -3.82. The number of nitrogens with zero attached hydrogens (tertiary/aromatic N) is 3. The van der Waals surface area contributed by atoms with Gasteiger partial charge < -0.3 is 20.1 Å². The van der Waals surface area contributed by atoms with Crippen molar-refractivity contribution in [3.63, 3.8) is 0 Å². The Labute approximate surface area is 194 Å². The van der Waals surface area contributed by atoms with Crippen molar-refractivity contribution in [2.24, 2.45) is 0 Å². The molecule has 0 saturated carbocycles. The van der Waals surface area contributed by atoms with Gasteiger partial charge in [-0.05, 0) is 55.3 Å². The van der Waals surface area contributed by atoms with Gasteiger partial charge in [0.05, 0.1) is 11.7 Å². The van der Waals surface area contributed by atoms with Gasteiger partial charge in [-0.25, -0.2) is 4.98 Å². The number of aryl methyl sites for hydroxylation is 1. The van der Waals surface area contributed by atoms with Crippen molar-refractivity contribution in [3.8, 4) is 16.9 Å². The summed E-state index contributed by atoms with van der Waals surface area (Å²) in [4.78, 5) is 23.6. The Hall–Kier alpha value is -3.30. The van der Waals surface area contributed by atoms with Crippen LogP contribution in [0.4, 0.5) is 20.3 Å². The molecule has 3 heterocycles. The van der Waals surface area contributed by atoms with Crippen LogP contribution < -0.4 is 15.0 Å². The van der Waals surface area contributed by atoms with Crippen LogP contribution in [0.25, 0.3) is 11.1 Å². The molecule has 1 saturated heterocycles. The first kappa shape index (κ1) is 22.9. The summed E-state index contributed by atoms with van der Waals surface area (Å²) in [6.45, 7) is 3.06. The maximum absolute atomic E-state index is 12.9. The number of aliphatic hydroxyl groups excluding tert-OH is 1. The van der Waals surface area contributed by atoms with Crippen molar-refractivity contribution in [1.29, 1.82) is 0 Å². The van der Waals surface area contributed by atoms with E-state index in [1.165, 1.54) is 30.5 Å². The van der Waals surface area contributed by atoms with Gasteiger partial charge in [0.15, 0.2) is 0 Å². The van der Waals surface area contributed by atoms with Crippen LogP contribution in [0.1, 0.15) is 22.3 Å². The highest BCUT2D eigenvalue weighted by Gasteiger charge is 2.28. The number of carbonyl (C=O) groups excluding carboxylic acids is 1. The van der Waals surface area contributed by atoms with Gasteiger partial charge in [0, 0.05) is 60.1 Å². The molecule has 33 heavy (non-hydrogen) atoms. The Balaban J connectivity index is 1.61. The van der Waals surface area contributed by atoms with E-state index < -0.39 is 17.6 Å². The summed E-state index contributed by atoms with van der Waals surface area (Å²) in [6, 6.07) is 9.01. The smallest absolute Gasteiger partial charge is 0.420 e. The van der Waals surface area contributed by atoms with Gasteiger partial charge in [0.1, 0.15) is 11.6 Å². The molecule has 1 fully saturated rings. The maximum atomic E-state index is 12.9. The molecule has 1 aliphatic rings. The number of alkyl halides is 3. The van der Waals surface area contributed by atoms with Gasteiger partial charge in [0.2, 0.25) is 0 Å². The quantitative estimate of drug-likeness (QED) is 0.513. The number of halogens is 3. The summed E-state index contributed by atoms with van der Waals surface area (Å²) in [6.07, 6.45) is 5.09. The molecule has 0 bridgehead atoms. The average molecular weight is 475 g/mol.